The van der Waals surface area contributed by atoms with E-state index in [0.717, 1.165) is 35.7 Å². The van der Waals surface area contributed by atoms with Crippen molar-refractivity contribution in [1.82, 2.24) is 0 Å². The number of hydrogen-bond donors (Lipinski definition) is 1. The van der Waals surface area contributed by atoms with Crippen LogP contribution in [-0.4, -0.2) is 5.11 Å². The fraction of sp³-hybridized carbons (Fsp3) is 0.714. The Bertz CT molecular complexity index is 590. The molecule has 3 aliphatic carbocycles. The highest BCUT2D eigenvalue weighted by Gasteiger charge is 2.53. The Hall–Kier alpha value is -0.980. The van der Waals surface area contributed by atoms with Crippen molar-refractivity contribution in [2.45, 2.75) is 71.6 Å². The van der Waals surface area contributed by atoms with Gasteiger partial charge in [-0.1, -0.05) is 26.8 Å². The van der Waals surface area contributed by atoms with Gasteiger partial charge in [0.05, 0.1) is 0 Å². The highest BCUT2D eigenvalue weighted by atomic mass is 16.3. The average molecular weight is 298 g/mol. The SMILES string of the molecule is CCc1cc2c(cc1O)CC[C@@H]1[C@@H]2CC[C@]2(C)[C@@H](C)CC[C@@H]12. The minimum absolute atomic E-state index is 0.523. The van der Waals surface area contributed by atoms with Crippen LogP contribution in [0.5, 0.6) is 5.75 Å². The molecule has 2 saturated carbocycles. The van der Waals surface area contributed by atoms with Crippen molar-refractivity contribution in [2.75, 3.05) is 0 Å². The van der Waals surface area contributed by atoms with Gasteiger partial charge in [-0.25, -0.2) is 0 Å². The number of aromatic hydroxyl groups is 1. The maximum absolute atomic E-state index is 10.2. The van der Waals surface area contributed by atoms with E-state index in [1.165, 1.54) is 44.1 Å². The van der Waals surface area contributed by atoms with Crippen LogP contribution in [0.2, 0.25) is 0 Å². The summed E-state index contributed by atoms with van der Waals surface area (Å²) in [5, 5.41) is 10.2. The molecule has 1 aromatic carbocycles. The van der Waals surface area contributed by atoms with Crippen LogP contribution in [0.1, 0.15) is 75.5 Å². The van der Waals surface area contributed by atoms with E-state index < -0.39 is 0 Å². The number of hydrogen-bond acceptors (Lipinski definition) is 1. The normalized spacial score (nSPS) is 40.0. The Morgan fingerprint density at radius 2 is 2.00 bits per heavy atom. The zero-order valence-corrected chi connectivity index (χ0v) is 14.4. The van der Waals surface area contributed by atoms with Gasteiger partial charge in [0.25, 0.3) is 0 Å². The molecule has 22 heavy (non-hydrogen) atoms. The van der Waals surface area contributed by atoms with Crippen molar-refractivity contribution < 1.29 is 5.11 Å². The lowest BCUT2D eigenvalue weighted by Gasteiger charge is -2.50. The van der Waals surface area contributed by atoms with E-state index >= 15 is 0 Å². The maximum atomic E-state index is 10.2. The molecule has 4 rings (SSSR count). The Morgan fingerprint density at radius 1 is 1.18 bits per heavy atom. The smallest absolute Gasteiger partial charge is 0.119 e. The van der Waals surface area contributed by atoms with Crippen molar-refractivity contribution in [2.24, 2.45) is 23.2 Å². The van der Waals surface area contributed by atoms with Crippen molar-refractivity contribution in [3.63, 3.8) is 0 Å². The second kappa shape index (κ2) is 5.01. The van der Waals surface area contributed by atoms with Gasteiger partial charge in [0.2, 0.25) is 0 Å². The third-order valence-corrected chi connectivity index (χ3v) is 7.78. The van der Waals surface area contributed by atoms with E-state index in [0.29, 0.717) is 11.2 Å². The molecular weight excluding hydrogens is 268 g/mol. The molecule has 3 aliphatic rings. The number of rotatable bonds is 1. The molecule has 0 amide bonds. The zero-order chi connectivity index (χ0) is 15.5. The van der Waals surface area contributed by atoms with E-state index in [9.17, 15) is 5.11 Å². The average Bonchev–Trinajstić information content (AvgIpc) is 2.82. The van der Waals surface area contributed by atoms with Gasteiger partial charge in [0.15, 0.2) is 0 Å². The van der Waals surface area contributed by atoms with Gasteiger partial charge in [0.1, 0.15) is 5.75 Å². The highest BCUT2D eigenvalue weighted by Crippen LogP contribution is 2.62. The van der Waals surface area contributed by atoms with Crippen LogP contribution < -0.4 is 0 Å². The topological polar surface area (TPSA) is 20.2 Å². The lowest BCUT2D eigenvalue weighted by molar-refractivity contribution is 0.0336. The van der Waals surface area contributed by atoms with E-state index in [4.69, 9.17) is 0 Å². The maximum Gasteiger partial charge on any atom is 0.119 e. The number of phenolic OH excluding ortho intramolecular Hbond substituents is 1. The van der Waals surface area contributed by atoms with E-state index in [1.54, 1.807) is 5.56 Å². The first-order chi connectivity index (χ1) is 10.5. The van der Waals surface area contributed by atoms with E-state index in [-0.39, 0.29) is 0 Å². The molecule has 2 fully saturated rings. The van der Waals surface area contributed by atoms with Gasteiger partial charge < -0.3 is 5.11 Å². The monoisotopic (exact) mass is 298 g/mol. The van der Waals surface area contributed by atoms with Crippen molar-refractivity contribution in [3.05, 3.63) is 28.8 Å². The first kappa shape index (κ1) is 14.6. The van der Waals surface area contributed by atoms with Gasteiger partial charge in [-0.3, -0.25) is 0 Å². The molecule has 0 saturated heterocycles. The number of fused-ring (bicyclic) bond motifs is 5. The summed E-state index contributed by atoms with van der Waals surface area (Å²) in [6.07, 6.45) is 9.11. The molecule has 1 nitrogen and oxygen atoms in total. The van der Waals surface area contributed by atoms with Gasteiger partial charge in [-0.05, 0) is 96.8 Å². The second-order valence-corrected chi connectivity index (χ2v) is 8.47. The first-order valence-electron chi connectivity index (χ1n) is 9.39. The summed E-state index contributed by atoms with van der Waals surface area (Å²) < 4.78 is 0. The third kappa shape index (κ3) is 1.90. The van der Waals surface area contributed by atoms with Crippen LogP contribution in [0.3, 0.4) is 0 Å². The van der Waals surface area contributed by atoms with Crippen LogP contribution in [0.25, 0.3) is 0 Å². The predicted molar refractivity (Wildman–Crippen MR) is 91.3 cm³/mol. The first-order valence-corrected chi connectivity index (χ1v) is 9.39. The van der Waals surface area contributed by atoms with Gasteiger partial charge >= 0.3 is 0 Å². The van der Waals surface area contributed by atoms with Crippen molar-refractivity contribution >= 4 is 0 Å². The lowest BCUT2D eigenvalue weighted by Crippen LogP contribution is -2.41. The van der Waals surface area contributed by atoms with E-state index in [2.05, 4.69) is 32.9 Å². The standard InChI is InChI=1S/C21H30O/c1-4-14-11-18-15(12-20(14)22)6-7-17-16(18)9-10-21(3)13(2)5-8-19(17)21/h11-13,16-17,19,22H,4-10H2,1-3H3/t13-,16-,17+,19-,21+/m0/s1. The minimum atomic E-state index is 0.523. The molecule has 1 heteroatoms. The Kier molecular flexibility index (Phi) is 3.33. The summed E-state index contributed by atoms with van der Waals surface area (Å²) in [6.45, 7) is 7.22. The van der Waals surface area contributed by atoms with Crippen molar-refractivity contribution in [3.8, 4) is 5.75 Å². The van der Waals surface area contributed by atoms with Crippen LogP contribution in [0.4, 0.5) is 0 Å². The van der Waals surface area contributed by atoms with Gasteiger partial charge in [0, 0.05) is 0 Å². The Morgan fingerprint density at radius 3 is 2.77 bits per heavy atom. The number of phenols is 1. The van der Waals surface area contributed by atoms with Crippen LogP contribution >= 0.6 is 0 Å². The Balaban J connectivity index is 1.72. The molecule has 0 heterocycles. The van der Waals surface area contributed by atoms with Gasteiger partial charge in [-0.15, -0.1) is 0 Å². The van der Waals surface area contributed by atoms with E-state index in [1.807, 2.05) is 0 Å². The summed E-state index contributed by atoms with van der Waals surface area (Å²) in [5.41, 5.74) is 4.77. The molecule has 0 aromatic heterocycles. The molecule has 1 aromatic rings. The summed E-state index contributed by atoms with van der Waals surface area (Å²) in [6, 6.07) is 4.43. The third-order valence-electron chi connectivity index (χ3n) is 7.78. The molecule has 0 unspecified atom stereocenters. The molecule has 0 spiro atoms. The summed E-state index contributed by atoms with van der Waals surface area (Å²) >= 11 is 0. The molecule has 0 aliphatic heterocycles. The predicted octanol–water partition coefficient (Wildman–Crippen LogP) is 5.45. The summed E-state index contributed by atoms with van der Waals surface area (Å²) in [4.78, 5) is 0. The molecule has 120 valence electrons. The fourth-order valence-corrected chi connectivity index (χ4v) is 6.20. The molecule has 0 radical (unpaired) electrons. The molecule has 0 bridgehead atoms. The number of benzene rings is 1. The second-order valence-electron chi connectivity index (χ2n) is 8.47. The largest absolute Gasteiger partial charge is 0.508 e. The zero-order valence-electron chi connectivity index (χ0n) is 14.4. The van der Waals surface area contributed by atoms with Crippen molar-refractivity contribution in [1.29, 1.82) is 0 Å². The molecule has 1 N–H and O–H groups in total. The fourth-order valence-electron chi connectivity index (χ4n) is 6.20. The highest BCUT2D eigenvalue weighted by molar-refractivity contribution is 5.45. The van der Waals surface area contributed by atoms with Crippen LogP contribution in [0, 0.1) is 23.2 Å². The van der Waals surface area contributed by atoms with Crippen LogP contribution in [-0.2, 0) is 12.8 Å². The number of aryl methyl sites for hydroxylation is 2. The lowest BCUT2D eigenvalue weighted by atomic mass is 9.54. The summed E-state index contributed by atoms with van der Waals surface area (Å²) in [5.74, 6) is 4.03. The quantitative estimate of drug-likeness (QED) is 0.731. The summed E-state index contributed by atoms with van der Waals surface area (Å²) in [7, 11) is 0. The van der Waals surface area contributed by atoms with Gasteiger partial charge in [-0.2, -0.15) is 0 Å². The minimum Gasteiger partial charge on any atom is -0.508 e. The molecule has 5 atom stereocenters. The van der Waals surface area contributed by atoms with Crippen LogP contribution in [0.15, 0.2) is 12.1 Å². The Labute approximate surface area is 135 Å². The molecular formula is C21H30O.